The van der Waals surface area contributed by atoms with E-state index < -0.39 is 65.7 Å². The SMILES string of the molecule is C[C@H](NC(=O)c1ccc(N)c(C(F)(F)F)c1)C(=O)N1CCC[C@H]1C(=O)NC(C=O)CC(=O)O. The second kappa shape index (κ2) is 10.3. The van der Waals surface area contributed by atoms with E-state index in [4.69, 9.17) is 10.8 Å². The molecular formula is C20H23F3N4O6. The van der Waals surface area contributed by atoms with E-state index in [0.29, 0.717) is 12.5 Å². The maximum absolute atomic E-state index is 13.0. The zero-order valence-electron chi connectivity index (χ0n) is 17.5. The highest BCUT2D eigenvalue weighted by atomic mass is 19.4. The van der Waals surface area contributed by atoms with Gasteiger partial charge in [0.2, 0.25) is 11.8 Å². The van der Waals surface area contributed by atoms with Gasteiger partial charge in [-0.05, 0) is 38.0 Å². The van der Waals surface area contributed by atoms with Gasteiger partial charge in [-0.25, -0.2) is 0 Å². The minimum absolute atomic E-state index is 0.169. The maximum Gasteiger partial charge on any atom is 0.418 e. The fourth-order valence-corrected chi connectivity index (χ4v) is 3.44. The third kappa shape index (κ3) is 6.43. The van der Waals surface area contributed by atoms with Crippen LogP contribution in [0, 0.1) is 0 Å². The minimum Gasteiger partial charge on any atom is -0.481 e. The van der Waals surface area contributed by atoms with Gasteiger partial charge in [0, 0.05) is 17.8 Å². The normalized spacial score (nSPS) is 17.7. The van der Waals surface area contributed by atoms with Crippen molar-refractivity contribution in [2.45, 2.75) is 50.5 Å². The molecule has 2 rings (SSSR count). The van der Waals surface area contributed by atoms with Crippen LogP contribution in [0.2, 0.25) is 0 Å². The van der Waals surface area contributed by atoms with E-state index in [1.165, 1.54) is 11.8 Å². The van der Waals surface area contributed by atoms with Crippen molar-refractivity contribution < 1.29 is 42.3 Å². The Morgan fingerprint density at radius 3 is 2.52 bits per heavy atom. The van der Waals surface area contributed by atoms with Gasteiger partial charge in [-0.3, -0.25) is 19.2 Å². The predicted molar refractivity (Wildman–Crippen MR) is 108 cm³/mol. The molecule has 3 amide bonds. The molecule has 1 unspecified atom stereocenters. The van der Waals surface area contributed by atoms with Crippen LogP contribution in [0.3, 0.4) is 0 Å². The zero-order chi connectivity index (χ0) is 24.9. The molecule has 1 aliphatic rings. The van der Waals surface area contributed by atoms with Crippen molar-refractivity contribution in [3.05, 3.63) is 29.3 Å². The number of carbonyl (C=O) groups excluding carboxylic acids is 4. The van der Waals surface area contributed by atoms with Crippen LogP contribution in [0.4, 0.5) is 18.9 Å². The Kier molecular flexibility index (Phi) is 8.01. The Morgan fingerprint density at radius 1 is 1.27 bits per heavy atom. The average molecular weight is 472 g/mol. The van der Waals surface area contributed by atoms with Gasteiger partial charge in [-0.1, -0.05) is 0 Å². The quantitative estimate of drug-likeness (QED) is 0.318. The summed E-state index contributed by atoms with van der Waals surface area (Å²) in [7, 11) is 0. The molecule has 0 bridgehead atoms. The number of hydrogen-bond acceptors (Lipinski definition) is 6. The Balaban J connectivity index is 2.08. The molecule has 0 saturated carbocycles. The number of carboxylic acid groups (broad SMARTS) is 1. The fourth-order valence-electron chi connectivity index (χ4n) is 3.44. The van der Waals surface area contributed by atoms with Crippen molar-refractivity contribution in [2.75, 3.05) is 12.3 Å². The topological polar surface area (TPSA) is 159 Å². The largest absolute Gasteiger partial charge is 0.481 e. The number of aliphatic carboxylic acids is 1. The van der Waals surface area contributed by atoms with Crippen molar-refractivity contribution in [3.8, 4) is 0 Å². The van der Waals surface area contributed by atoms with E-state index in [1.807, 2.05) is 0 Å². The third-order valence-corrected chi connectivity index (χ3v) is 5.06. The second-order valence-electron chi connectivity index (χ2n) is 7.53. The number of alkyl halides is 3. The highest BCUT2D eigenvalue weighted by molar-refractivity contribution is 5.99. The molecule has 180 valence electrons. The zero-order valence-corrected chi connectivity index (χ0v) is 17.5. The molecule has 0 aromatic heterocycles. The van der Waals surface area contributed by atoms with Crippen molar-refractivity contribution in [3.63, 3.8) is 0 Å². The summed E-state index contributed by atoms with van der Waals surface area (Å²) in [6.07, 6.45) is -4.41. The third-order valence-electron chi connectivity index (χ3n) is 5.06. The first-order valence-corrected chi connectivity index (χ1v) is 9.90. The molecule has 10 nitrogen and oxygen atoms in total. The van der Waals surface area contributed by atoms with E-state index in [1.54, 1.807) is 0 Å². The standard InChI is InChI=1S/C20H23F3N4O6/c1-10(25-17(31)11-4-5-14(24)13(7-11)20(21,22)23)19(33)27-6-2-3-15(27)18(32)26-12(9-28)8-16(29)30/h4-5,7,9-10,12,15H,2-3,6,8,24H2,1H3,(H,25,31)(H,26,32)(H,29,30)/t10-,12?,15-/m0/s1. The monoisotopic (exact) mass is 472 g/mol. The Bertz CT molecular complexity index is 952. The van der Waals surface area contributed by atoms with E-state index in [9.17, 15) is 37.1 Å². The highest BCUT2D eigenvalue weighted by Crippen LogP contribution is 2.34. The summed E-state index contributed by atoms with van der Waals surface area (Å²) in [5.74, 6) is -3.61. The number of benzene rings is 1. The van der Waals surface area contributed by atoms with Crippen LogP contribution >= 0.6 is 0 Å². The molecule has 0 radical (unpaired) electrons. The number of likely N-dealkylation sites (tertiary alicyclic amines) is 1. The van der Waals surface area contributed by atoms with Crippen LogP contribution in [0.5, 0.6) is 0 Å². The van der Waals surface area contributed by atoms with Gasteiger partial charge in [0.1, 0.15) is 18.4 Å². The summed E-state index contributed by atoms with van der Waals surface area (Å²) < 4.78 is 39.1. The molecule has 1 aromatic carbocycles. The lowest BCUT2D eigenvalue weighted by Crippen LogP contribution is -2.54. The molecule has 5 N–H and O–H groups in total. The maximum atomic E-state index is 13.0. The van der Waals surface area contributed by atoms with Gasteiger partial charge in [0.25, 0.3) is 5.91 Å². The first-order valence-electron chi connectivity index (χ1n) is 9.90. The summed E-state index contributed by atoms with van der Waals surface area (Å²) in [4.78, 5) is 60.6. The molecule has 33 heavy (non-hydrogen) atoms. The van der Waals surface area contributed by atoms with Gasteiger partial charge in [0.05, 0.1) is 18.0 Å². The predicted octanol–water partition coefficient (Wildman–Crippen LogP) is 0.555. The number of carboxylic acids is 1. The van der Waals surface area contributed by atoms with E-state index in [2.05, 4.69) is 10.6 Å². The van der Waals surface area contributed by atoms with E-state index in [0.717, 1.165) is 12.1 Å². The number of rotatable bonds is 8. The number of anilines is 1. The number of nitrogen functional groups attached to an aromatic ring is 1. The smallest absolute Gasteiger partial charge is 0.418 e. The first kappa shape index (κ1) is 25.6. The molecule has 0 aliphatic carbocycles. The summed E-state index contributed by atoms with van der Waals surface area (Å²) in [5.41, 5.74) is 3.23. The number of nitrogens with zero attached hydrogens (tertiary/aromatic N) is 1. The number of carbonyl (C=O) groups is 5. The van der Waals surface area contributed by atoms with Crippen LogP contribution in [-0.2, 0) is 25.4 Å². The Morgan fingerprint density at radius 2 is 1.94 bits per heavy atom. The van der Waals surface area contributed by atoms with Gasteiger partial charge < -0.3 is 31.2 Å². The summed E-state index contributed by atoms with van der Waals surface area (Å²) in [5, 5.41) is 13.3. The molecular weight excluding hydrogens is 449 g/mol. The fraction of sp³-hybridized carbons (Fsp3) is 0.450. The Hall–Kier alpha value is -3.64. The number of aldehydes is 1. The van der Waals surface area contributed by atoms with Gasteiger partial charge in [0.15, 0.2) is 0 Å². The summed E-state index contributed by atoms with van der Waals surface area (Å²) >= 11 is 0. The van der Waals surface area contributed by atoms with Crippen molar-refractivity contribution >= 4 is 35.7 Å². The van der Waals surface area contributed by atoms with Crippen LogP contribution < -0.4 is 16.4 Å². The van der Waals surface area contributed by atoms with Gasteiger partial charge in [-0.2, -0.15) is 13.2 Å². The molecule has 1 heterocycles. The number of halogens is 3. The van der Waals surface area contributed by atoms with Gasteiger partial charge in [-0.15, -0.1) is 0 Å². The van der Waals surface area contributed by atoms with Crippen molar-refractivity contribution in [2.24, 2.45) is 0 Å². The highest BCUT2D eigenvalue weighted by Gasteiger charge is 2.38. The van der Waals surface area contributed by atoms with Crippen molar-refractivity contribution in [1.29, 1.82) is 0 Å². The second-order valence-corrected chi connectivity index (χ2v) is 7.53. The molecule has 1 fully saturated rings. The van der Waals surface area contributed by atoms with Gasteiger partial charge >= 0.3 is 12.1 Å². The number of hydrogen-bond donors (Lipinski definition) is 4. The molecule has 1 saturated heterocycles. The molecule has 1 aromatic rings. The van der Waals surface area contributed by atoms with Crippen LogP contribution in [0.25, 0.3) is 0 Å². The first-order chi connectivity index (χ1) is 15.3. The average Bonchev–Trinajstić information content (AvgIpc) is 3.21. The molecule has 1 aliphatic heterocycles. The van der Waals surface area contributed by atoms with Crippen molar-refractivity contribution in [1.82, 2.24) is 15.5 Å². The molecule has 3 atom stereocenters. The summed E-state index contributed by atoms with van der Waals surface area (Å²) in [6, 6.07) is -0.828. The van der Waals surface area contributed by atoms with E-state index >= 15 is 0 Å². The number of nitrogens with two attached hydrogens (primary N) is 1. The Labute approximate surface area is 186 Å². The number of amides is 3. The van der Waals surface area contributed by atoms with Crippen LogP contribution in [-0.4, -0.2) is 64.7 Å². The lowest BCUT2D eigenvalue weighted by molar-refractivity contribution is -0.141. The van der Waals surface area contributed by atoms with E-state index in [-0.39, 0.29) is 24.8 Å². The molecule has 0 spiro atoms. The molecule has 13 heteroatoms. The number of nitrogens with one attached hydrogen (secondary N) is 2. The lowest BCUT2D eigenvalue weighted by atomic mass is 10.1. The van der Waals surface area contributed by atoms with Crippen LogP contribution in [0.15, 0.2) is 18.2 Å². The summed E-state index contributed by atoms with van der Waals surface area (Å²) in [6.45, 7) is 1.48. The minimum atomic E-state index is -4.77. The lowest BCUT2D eigenvalue weighted by Gasteiger charge is -2.28. The van der Waals surface area contributed by atoms with Crippen LogP contribution in [0.1, 0.15) is 42.1 Å².